The molecule has 0 spiro atoms. The number of hydrogen-bond acceptors (Lipinski definition) is 4. The van der Waals surface area contributed by atoms with E-state index in [0.29, 0.717) is 11.4 Å². The summed E-state index contributed by atoms with van der Waals surface area (Å²) in [5.74, 6) is 0. The summed E-state index contributed by atoms with van der Waals surface area (Å²) in [6.07, 6.45) is 1.12. The van der Waals surface area contributed by atoms with E-state index in [-0.39, 0.29) is 0 Å². The predicted octanol–water partition coefficient (Wildman–Crippen LogP) is 1.40. The molecule has 1 aromatic rings. The molecular weight excluding hydrogens is 262 g/mol. The van der Waals surface area contributed by atoms with E-state index < -0.39 is 10.0 Å². The van der Waals surface area contributed by atoms with Crippen molar-refractivity contribution in [2.75, 3.05) is 31.5 Å². The van der Waals surface area contributed by atoms with Crippen molar-refractivity contribution in [1.29, 1.82) is 0 Å². The number of sulfonamides is 1. The standard InChI is InChI=1S/C13H23N3O2S/c1-3-9-14-10-11-15-12-5-7-13(8-6-12)19(17,18)16-4-2/h5-8,14-16H,3-4,9-11H2,1-2H3. The zero-order valence-corrected chi connectivity index (χ0v) is 12.4. The average molecular weight is 285 g/mol. The van der Waals surface area contributed by atoms with Crippen LogP contribution in [-0.4, -0.2) is 34.6 Å². The van der Waals surface area contributed by atoms with Gasteiger partial charge in [0.05, 0.1) is 4.90 Å². The maximum absolute atomic E-state index is 11.7. The summed E-state index contributed by atoms with van der Waals surface area (Å²) in [7, 11) is -3.35. The van der Waals surface area contributed by atoms with Crippen molar-refractivity contribution < 1.29 is 8.42 Å². The first-order valence-corrected chi connectivity index (χ1v) is 8.12. The van der Waals surface area contributed by atoms with E-state index in [0.717, 1.165) is 31.7 Å². The van der Waals surface area contributed by atoms with E-state index in [4.69, 9.17) is 0 Å². The number of hydrogen-bond donors (Lipinski definition) is 3. The minimum absolute atomic E-state index is 0.295. The van der Waals surface area contributed by atoms with Gasteiger partial charge in [0.1, 0.15) is 0 Å². The second-order valence-electron chi connectivity index (χ2n) is 4.20. The minimum Gasteiger partial charge on any atom is -0.384 e. The molecular formula is C13H23N3O2S. The van der Waals surface area contributed by atoms with Crippen LogP contribution in [0.3, 0.4) is 0 Å². The van der Waals surface area contributed by atoms with E-state index in [1.54, 1.807) is 31.2 Å². The summed E-state index contributed by atoms with van der Waals surface area (Å²) in [6, 6.07) is 6.79. The highest BCUT2D eigenvalue weighted by Crippen LogP contribution is 2.13. The molecule has 0 radical (unpaired) electrons. The van der Waals surface area contributed by atoms with Crippen LogP contribution in [0.4, 0.5) is 5.69 Å². The van der Waals surface area contributed by atoms with Crippen molar-refractivity contribution in [2.45, 2.75) is 25.2 Å². The van der Waals surface area contributed by atoms with Crippen molar-refractivity contribution in [3.8, 4) is 0 Å². The highest BCUT2D eigenvalue weighted by Gasteiger charge is 2.11. The molecule has 108 valence electrons. The highest BCUT2D eigenvalue weighted by molar-refractivity contribution is 7.89. The smallest absolute Gasteiger partial charge is 0.240 e. The van der Waals surface area contributed by atoms with Crippen LogP contribution in [0.15, 0.2) is 29.2 Å². The van der Waals surface area contributed by atoms with Gasteiger partial charge in [-0.15, -0.1) is 0 Å². The topological polar surface area (TPSA) is 70.2 Å². The summed E-state index contributed by atoms with van der Waals surface area (Å²) in [4.78, 5) is 0.295. The monoisotopic (exact) mass is 285 g/mol. The van der Waals surface area contributed by atoms with Gasteiger partial charge < -0.3 is 10.6 Å². The molecule has 0 aliphatic rings. The van der Waals surface area contributed by atoms with Crippen LogP contribution in [0.25, 0.3) is 0 Å². The van der Waals surface area contributed by atoms with Crippen LogP contribution >= 0.6 is 0 Å². The second-order valence-corrected chi connectivity index (χ2v) is 5.97. The number of benzene rings is 1. The van der Waals surface area contributed by atoms with E-state index in [1.807, 2.05) is 0 Å². The van der Waals surface area contributed by atoms with Gasteiger partial charge in [-0.2, -0.15) is 0 Å². The van der Waals surface area contributed by atoms with Gasteiger partial charge in [-0.1, -0.05) is 13.8 Å². The zero-order chi connectivity index (χ0) is 14.1. The lowest BCUT2D eigenvalue weighted by atomic mass is 10.3. The molecule has 0 aliphatic carbocycles. The summed E-state index contributed by atoms with van der Waals surface area (Å²) in [5, 5.41) is 6.53. The van der Waals surface area contributed by atoms with Crippen LogP contribution < -0.4 is 15.4 Å². The Kier molecular flexibility index (Phi) is 6.83. The fourth-order valence-corrected chi connectivity index (χ4v) is 2.66. The van der Waals surface area contributed by atoms with Crippen molar-refractivity contribution in [3.63, 3.8) is 0 Å². The molecule has 0 bridgehead atoms. The van der Waals surface area contributed by atoms with Gasteiger partial charge in [0.25, 0.3) is 0 Å². The van der Waals surface area contributed by atoms with Gasteiger partial charge in [0.15, 0.2) is 0 Å². The van der Waals surface area contributed by atoms with E-state index >= 15 is 0 Å². The van der Waals surface area contributed by atoms with Gasteiger partial charge in [0, 0.05) is 25.3 Å². The first-order valence-electron chi connectivity index (χ1n) is 6.64. The second kappa shape index (κ2) is 8.14. The molecule has 0 aromatic heterocycles. The van der Waals surface area contributed by atoms with Crippen molar-refractivity contribution in [3.05, 3.63) is 24.3 Å². The number of rotatable bonds is 9. The van der Waals surface area contributed by atoms with Gasteiger partial charge >= 0.3 is 0 Å². The Morgan fingerprint density at radius 1 is 1.00 bits per heavy atom. The molecule has 19 heavy (non-hydrogen) atoms. The maximum atomic E-state index is 11.7. The third-order valence-corrected chi connectivity index (χ3v) is 4.12. The maximum Gasteiger partial charge on any atom is 0.240 e. The normalized spacial score (nSPS) is 11.5. The molecule has 3 N–H and O–H groups in total. The van der Waals surface area contributed by atoms with E-state index in [9.17, 15) is 8.42 Å². The Labute approximate surface area is 115 Å². The van der Waals surface area contributed by atoms with Crippen LogP contribution in [0.5, 0.6) is 0 Å². The van der Waals surface area contributed by atoms with Crippen molar-refractivity contribution >= 4 is 15.7 Å². The van der Waals surface area contributed by atoms with Gasteiger partial charge in [-0.3, -0.25) is 0 Å². The molecule has 1 aromatic carbocycles. The molecule has 1 rings (SSSR count). The summed E-state index contributed by atoms with van der Waals surface area (Å²) < 4.78 is 25.9. The lowest BCUT2D eigenvalue weighted by molar-refractivity contribution is 0.584. The summed E-state index contributed by atoms with van der Waals surface area (Å²) >= 11 is 0. The highest BCUT2D eigenvalue weighted by atomic mass is 32.2. The molecule has 0 amide bonds. The summed E-state index contributed by atoms with van der Waals surface area (Å²) in [6.45, 7) is 7.01. The van der Waals surface area contributed by atoms with Gasteiger partial charge in [0.2, 0.25) is 10.0 Å². The van der Waals surface area contributed by atoms with E-state index in [1.165, 1.54) is 0 Å². The molecule has 0 heterocycles. The molecule has 6 heteroatoms. The lowest BCUT2D eigenvalue weighted by Gasteiger charge is -2.09. The first kappa shape index (κ1) is 15.9. The summed E-state index contributed by atoms with van der Waals surface area (Å²) in [5.41, 5.74) is 0.925. The molecule has 0 fully saturated rings. The molecule has 0 unspecified atom stereocenters. The van der Waals surface area contributed by atoms with E-state index in [2.05, 4.69) is 22.3 Å². The Hall–Kier alpha value is -1.11. The Bertz CT molecular complexity index is 457. The minimum atomic E-state index is -3.35. The molecule has 0 aliphatic heterocycles. The van der Waals surface area contributed by atoms with Crippen molar-refractivity contribution in [1.82, 2.24) is 10.0 Å². The third kappa shape index (κ3) is 5.59. The first-order chi connectivity index (χ1) is 9.10. The SMILES string of the molecule is CCCNCCNc1ccc(S(=O)(=O)NCC)cc1. The van der Waals surface area contributed by atoms with Crippen LogP contribution in [0.1, 0.15) is 20.3 Å². The Balaban J connectivity index is 2.48. The average Bonchev–Trinajstić information content (AvgIpc) is 2.39. The van der Waals surface area contributed by atoms with Gasteiger partial charge in [-0.05, 0) is 37.2 Å². The molecule has 0 saturated carbocycles. The molecule has 0 saturated heterocycles. The quantitative estimate of drug-likeness (QED) is 0.600. The molecule has 0 atom stereocenters. The Morgan fingerprint density at radius 3 is 2.26 bits per heavy atom. The van der Waals surface area contributed by atoms with Gasteiger partial charge in [-0.25, -0.2) is 13.1 Å². The van der Waals surface area contributed by atoms with Crippen molar-refractivity contribution in [2.24, 2.45) is 0 Å². The predicted molar refractivity (Wildman–Crippen MR) is 79.0 cm³/mol. The fourth-order valence-electron chi connectivity index (χ4n) is 1.62. The zero-order valence-electron chi connectivity index (χ0n) is 11.6. The van der Waals surface area contributed by atoms with Crippen LogP contribution in [-0.2, 0) is 10.0 Å². The van der Waals surface area contributed by atoms with Crippen LogP contribution in [0.2, 0.25) is 0 Å². The number of anilines is 1. The largest absolute Gasteiger partial charge is 0.384 e. The van der Waals surface area contributed by atoms with Crippen LogP contribution in [0, 0.1) is 0 Å². The third-order valence-electron chi connectivity index (χ3n) is 2.56. The number of nitrogens with one attached hydrogen (secondary N) is 3. The Morgan fingerprint density at radius 2 is 1.68 bits per heavy atom. The lowest BCUT2D eigenvalue weighted by Crippen LogP contribution is -2.23. The molecule has 5 nitrogen and oxygen atoms in total. The fraction of sp³-hybridized carbons (Fsp3) is 0.538.